The molecule has 3 N–H and O–H groups in total. The lowest BCUT2D eigenvalue weighted by atomic mass is 9.76. The lowest BCUT2D eigenvalue weighted by Gasteiger charge is -2.32. The van der Waals surface area contributed by atoms with Crippen LogP contribution in [0.15, 0.2) is 59.7 Å². The number of nitrogen functional groups attached to an aromatic ring is 1. The van der Waals surface area contributed by atoms with Gasteiger partial charge in [-0.05, 0) is 124 Å². The number of halogens is 7. The van der Waals surface area contributed by atoms with Crippen LogP contribution < -0.4 is 22.0 Å². The van der Waals surface area contributed by atoms with E-state index in [1.54, 1.807) is 12.1 Å². The van der Waals surface area contributed by atoms with Gasteiger partial charge in [-0.25, -0.2) is 4.79 Å². The standard InChI is InChI=1S/C19H24BF3N2O3.C13H20BNO2.C6H7F3.ClH/c1-12-6-7-14(10-15(12)20-27-17(2,3)18(4,5)28-20)24-16(26)25-9-8-13(11-25)19(21,22)23;1-9-6-7-10(15)8-11(9)14-16-12(2,3)13(4,5)17-14;7-6(8,9)5-3-1-2-4-5;/h6-8,10H,9,11H2,1-5H3,(H,24,26);6-8H,15H2,1-5H3;3H,1-2,4H2;1H. The van der Waals surface area contributed by atoms with Crippen LogP contribution in [0, 0.1) is 13.8 Å². The van der Waals surface area contributed by atoms with Crippen LogP contribution in [0.4, 0.5) is 42.5 Å². The van der Waals surface area contributed by atoms with E-state index in [0.29, 0.717) is 18.5 Å². The summed E-state index contributed by atoms with van der Waals surface area (Å²) >= 11 is 0. The van der Waals surface area contributed by atoms with Gasteiger partial charge in [-0.15, -0.1) is 12.4 Å². The molecule has 6 rings (SSSR count). The van der Waals surface area contributed by atoms with Crippen molar-refractivity contribution >= 4 is 55.0 Å². The molecule has 2 aromatic rings. The maximum absolute atomic E-state index is 12.8. The Morgan fingerprint density at radius 2 is 1.18 bits per heavy atom. The third-order valence-electron chi connectivity index (χ3n) is 10.8. The topological polar surface area (TPSA) is 95.3 Å². The van der Waals surface area contributed by atoms with Crippen LogP contribution in [0.25, 0.3) is 0 Å². The van der Waals surface area contributed by atoms with Gasteiger partial charge in [-0.3, -0.25) is 0 Å². The lowest BCUT2D eigenvalue weighted by Crippen LogP contribution is -2.41. The van der Waals surface area contributed by atoms with Crippen molar-refractivity contribution in [2.24, 2.45) is 0 Å². The number of hydrogen-bond acceptors (Lipinski definition) is 6. The Hall–Kier alpha value is -3.17. The average molecular weight is 802 g/mol. The van der Waals surface area contributed by atoms with Crippen LogP contribution >= 0.6 is 12.4 Å². The van der Waals surface area contributed by atoms with E-state index in [-0.39, 0.29) is 49.3 Å². The second-order valence-corrected chi connectivity index (χ2v) is 16.0. The normalized spacial score (nSPS) is 20.8. The minimum absolute atomic E-state index is 0. The molecule has 55 heavy (non-hydrogen) atoms. The van der Waals surface area contributed by atoms with Gasteiger partial charge < -0.3 is 34.6 Å². The third kappa shape index (κ3) is 11.0. The first-order chi connectivity index (χ1) is 24.6. The molecule has 4 aliphatic rings. The second kappa shape index (κ2) is 16.7. The van der Waals surface area contributed by atoms with E-state index < -0.39 is 48.8 Å². The molecule has 3 aliphatic heterocycles. The molecule has 0 unspecified atom stereocenters. The van der Waals surface area contributed by atoms with Gasteiger partial charge in [0.05, 0.1) is 34.5 Å². The van der Waals surface area contributed by atoms with Crippen molar-refractivity contribution in [3.63, 3.8) is 0 Å². The number of amides is 2. The fourth-order valence-corrected chi connectivity index (χ4v) is 5.87. The van der Waals surface area contributed by atoms with E-state index in [4.69, 9.17) is 24.4 Å². The first-order valence-corrected chi connectivity index (χ1v) is 17.9. The number of nitrogens with two attached hydrogens (primary N) is 1. The monoisotopic (exact) mass is 801 g/mol. The van der Waals surface area contributed by atoms with Crippen molar-refractivity contribution in [3.8, 4) is 0 Å². The number of urea groups is 1. The Morgan fingerprint density at radius 3 is 1.58 bits per heavy atom. The molecule has 2 saturated heterocycles. The molecule has 304 valence electrons. The molecule has 2 aromatic carbocycles. The average Bonchev–Trinajstić information content (AvgIpc) is 3.82. The predicted octanol–water partition coefficient (Wildman–Crippen LogP) is 8.59. The maximum Gasteiger partial charge on any atom is 0.495 e. The molecule has 0 aromatic heterocycles. The van der Waals surface area contributed by atoms with Crippen LogP contribution in [0.1, 0.15) is 85.8 Å². The Labute approximate surface area is 327 Å². The highest BCUT2D eigenvalue weighted by Crippen LogP contribution is 2.38. The molecular weight excluding hydrogens is 749 g/mol. The molecule has 0 spiro atoms. The molecule has 0 radical (unpaired) electrons. The number of alkyl halides is 6. The minimum Gasteiger partial charge on any atom is -0.399 e. The number of nitrogens with one attached hydrogen (secondary N) is 1. The summed E-state index contributed by atoms with van der Waals surface area (Å²) in [5, 5.41) is 2.66. The summed E-state index contributed by atoms with van der Waals surface area (Å²) in [5.74, 6) is 0. The zero-order chi connectivity index (χ0) is 40.7. The number of anilines is 2. The maximum atomic E-state index is 12.8. The molecule has 0 saturated carbocycles. The summed E-state index contributed by atoms with van der Waals surface area (Å²) < 4.78 is 97.5. The number of nitrogens with zero attached hydrogens (tertiary/aromatic N) is 1. The Kier molecular flexibility index (Phi) is 14.1. The quantitative estimate of drug-likeness (QED) is 0.140. The third-order valence-corrected chi connectivity index (χ3v) is 10.8. The van der Waals surface area contributed by atoms with E-state index in [9.17, 15) is 31.1 Å². The SMILES string of the molecule is Cc1ccc(N)cc1B1OC(C)(C)C(C)(C)O1.Cc1ccc(NC(=O)N2CC=C(C(F)(F)F)C2)cc1B1OC(C)(C)C(C)(C)O1.Cl.FC(F)(F)C1=CCCC1. The first kappa shape index (κ1) is 46.2. The summed E-state index contributed by atoms with van der Waals surface area (Å²) in [6, 6.07) is 10.5. The fraction of sp³-hybridized carbons (Fsp3) is 0.553. The number of aryl methyl sites for hydroxylation is 2. The van der Waals surface area contributed by atoms with Crippen LogP contribution in [0.5, 0.6) is 0 Å². The number of rotatable bonds is 3. The van der Waals surface area contributed by atoms with Gasteiger partial charge in [0.15, 0.2) is 0 Å². The molecule has 0 atom stereocenters. The fourth-order valence-electron chi connectivity index (χ4n) is 5.87. The largest absolute Gasteiger partial charge is 0.495 e. The number of allylic oxidation sites excluding steroid dienone is 2. The van der Waals surface area contributed by atoms with E-state index in [0.717, 1.165) is 38.7 Å². The first-order valence-electron chi connectivity index (χ1n) is 17.9. The zero-order valence-corrected chi connectivity index (χ0v) is 33.9. The molecule has 3 heterocycles. The molecule has 1 aliphatic carbocycles. The van der Waals surface area contributed by atoms with Crippen molar-refractivity contribution in [1.82, 2.24) is 4.90 Å². The van der Waals surface area contributed by atoms with Gasteiger partial charge in [0.25, 0.3) is 0 Å². The molecule has 0 bridgehead atoms. The summed E-state index contributed by atoms with van der Waals surface area (Å²) in [4.78, 5) is 13.5. The molecule has 2 amide bonds. The van der Waals surface area contributed by atoms with Crippen molar-refractivity contribution in [2.75, 3.05) is 24.1 Å². The molecular formula is C38H52B2ClF6N3O5. The van der Waals surface area contributed by atoms with E-state index in [2.05, 4.69) is 33.0 Å². The Morgan fingerprint density at radius 1 is 0.727 bits per heavy atom. The molecule has 8 nitrogen and oxygen atoms in total. The zero-order valence-electron chi connectivity index (χ0n) is 33.1. The van der Waals surface area contributed by atoms with Gasteiger partial charge in [-0.1, -0.05) is 35.4 Å². The highest BCUT2D eigenvalue weighted by Gasteiger charge is 2.53. The van der Waals surface area contributed by atoms with Crippen molar-refractivity contribution in [3.05, 3.63) is 70.8 Å². The van der Waals surface area contributed by atoms with E-state index in [1.807, 2.05) is 65.8 Å². The van der Waals surface area contributed by atoms with Crippen LogP contribution in [0.3, 0.4) is 0 Å². The van der Waals surface area contributed by atoms with Gasteiger partial charge in [0, 0.05) is 23.5 Å². The van der Waals surface area contributed by atoms with Crippen LogP contribution in [-0.4, -0.2) is 73.0 Å². The Bertz CT molecular complexity index is 1730. The van der Waals surface area contributed by atoms with Gasteiger partial charge in [-0.2, -0.15) is 26.3 Å². The number of carbonyl (C=O) groups is 1. The van der Waals surface area contributed by atoms with E-state index >= 15 is 0 Å². The summed E-state index contributed by atoms with van der Waals surface area (Å²) in [6.07, 6.45) is -4.70. The molecule has 17 heteroatoms. The van der Waals surface area contributed by atoms with Crippen LogP contribution in [0.2, 0.25) is 0 Å². The minimum atomic E-state index is -4.41. The number of benzene rings is 2. The van der Waals surface area contributed by atoms with Gasteiger partial charge in [0.2, 0.25) is 0 Å². The highest BCUT2D eigenvalue weighted by atomic mass is 35.5. The van der Waals surface area contributed by atoms with Crippen molar-refractivity contribution in [1.29, 1.82) is 0 Å². The highest BCUT2D eigenvalue weighted by molar-refractivity contribution is 6.63. The second-order valence-electron chi connectivity index (χ2n) is 16.0. The smallest absolute Gasteiger partial charge is 0.399 e. The van der Waals surface area contributed by atoms with E-state index in [1.165, 1.54) is 6.08 Å². The Balaban J connectivity index is 0.000000254. The lowest BCUT2D eigenvalue weighted by molar-refractivity contribution is -0.0939. The van der Waals surface area contributed by atoms with Gasteiger partial charge in [0.1, 0.15) is 0 Å². The number of carbonyl (C=O) groups excluding carboxylic acids is 1. The van der Waals surface area contributed by atoms with Crippen molar-refractivity contribution < 1.29 is 49.8 Å². The predicted molar refractivity (Wildman–Crippen MR) is 208 cm³/mol. The number of hydrogen-bond donors (Lipinski definition) is 2. The summed E-state index contributed by atoms with van der Waals surface area (Å²) in [7, 11) is -0.921. The van der Waals surface area contributed by atoms with Crippen LogP contribution in [-0.2, 0) is 18.6 Å². The van der Waals surface area contributed by atoms with Crippen molar-refractivity contribution in [2.45, 2.75) is 123 Å². The summed E-state index contributed by atoms with van der Waals surface area (Å²) in [6.45, 7) is 19.4. The molecule has 2 fully saturated rings. The summed E-state index contributed by atoms with van der Waals surface area (Å²) in [5.41, 5.74) is 8.21. The van der Waals surface area contributed by atoms with Gasteiger partial charge >= 0.3 is 32.6 Å².